The molecule has 1 aliphatic heterocycles. The van der Waals surface area contributed by atoms with Gasteiger partial charge in [-0.3, -0.25) is 0 Å². The van der Waals surface area contributed by atoms with Gasteiger partial charge < -0.3 is 9.84 Å². The number of ether oxygens (including phenoxy) is 1. The smallest absolute Gasteiger partial charge is 0.339 e. The minimum absolute atomic E-state index is 0.342. The monoisotopic (exact) mass is 312 g/mol. The van der Waals surface area contributed by atoms with Gasteiger partial charge in [0.1, 0.15) is 0 Å². The minimum atomic E-state index is -0.608. The number of halogens is 1. The quantitative estimate of drug-likeness (QED) is 0.667. The number of benzene rings is 1. The Hall–Kier alpha value is -0.870. The van der Waals surface area contributed by atoms with Crippen LogP contribution in [0.5, 0.6) is 0 Å². The highest BCUT2D eigenvalue weighted by Gasteiger charge is 2.35. The molecule has 1 aromatic rings. The number of hydrogen-bond acceptors (Lipinski definition) is 3. The molecule has 1 aromatic carbocycles. The lowest BCUT2D eigenvalue weighted by molar-refractivity contribution is -0.0128. The summed E-state index contributed by atoms with van der Waals surface area (Å²) in [6.45, 7) is 2.12. The number of carbonyl (C=O) groups is 1. The lowest BCUT2D eigenvalue weighted by atomic mass is 9.98. The van der Waals surface area contributed by atoms with E-state index in [-0.39, 0.29) is 5.97 Å². The number of unbranched alkanes of at least 4 members (excludes halogenated alkanes) is 2. The normalized spacial score (nSPS) is 19.5. The zero-order valence-corrected chi connectivity index (χ0v) is 11.9. The van der Waals surface area contributed by atoms with Crippen LogP contribution >= 0.6 is 15.9 Å². The first kappa shape index (κ1) is 13.6. The van der Waals surface area contributed by atoms with Crippen molar-refractivity contribution < 1.29 is 14.6 Å². The molecule has 0 aliphatic carbocycles. The molecule has 0 aromatic heterocycles. The molecule has 0 saturated heterocycles. The number of aliphatic hydroxyl groups is 1. The summed E-state index contributed by atoms with van der Waals surface area (Å²) in [6, 6.07) is 5.46. The lowest BCUT2D eigenvalue weighted by Crippen LogP contribution is -2.18. The van der Waals surface area contributed by atoms with Gasteiger partial charge in [0.15, 0.2) is 6.10 Å². The first-order valence-corrected chi connectivity index (χ1v) is 7.11. The Morgan fingerprint density at radius 2 is 2.22 bits per heavy atom. The van der Waals surface area contributed by atoms with Crippen molar-refractivity contribution in [2.45, 2.75) is 44.8 Å². The fraction of sp³-hybridized carbons (Fsp3) is 0.500. The molecule has 0 fully saturated rings. The van der Waals surface area contributed by atoms with Crippen LogP contribution in [0.15, 0.2) is 22.7 Å². The van der Waals surface area contributed by atoms with Gasteiger partial charge in [0, 0.05) is 10.0 Å². The van der Waals surface area contributed by atoms with Crippen molar-refractivity contribution in [1.82, 2.24) is 0 Å². The van der Waals surface area contributed by atoms with Gasteiger partial charge in [0.05, 0.1) is 11.7 Å². The lowest BCUT2D eigenvalue weighted by Gasteiger charge is -2.17. The summed E-state index contributed by atoms with van der Waals surface area (Å²) in [5.74, 6) is -0.342. The topological polar surface area (TPSA) is 46.5 Å². The second-order valence-electron chi connectivity index (χ2n) is 4.62. The summed E-state index contributed by atoms with van der Waals surface area (Å²) < 4.78 is 6.12. The average Bonchev–Trinajstić information content (AvgIpc) is 2.67. The zero-order chi connectivity index (χ0) is 13.1. The van der Waals surface area contributed by atoms with Crippen LogP contribution in [0.25, 0.3) is 0 Å². The van der Waals surface area contributed by atoms with E-state index in [9.17, 15) is 9.90 Å². The van der Waals surface area contributed by atoms with E-state index in [0.29, 0.717) is 12.0 Å². The highest BCUT2D eigenvalue weighted by atomic mass is 79.9. The van der Waals surface area contributed by atoms with Crippen molar-refractivity contribution in [3.8, 4) is 0 Å². The molecule has 3 nitrogen and oxygen atoms in total. The van der Waals surface area contributed by atoms with Gasteiger partial charge in [0.2, 0.25) is 0 Å². The summed E-state index contributed by atoms with van der Waals surface area (Å²) in [6.07, 6.45) is 2.71. The maximum absolute atomic E-state index is 11.7. The molecule has 0 unspecified atom stereocenters. The Morgan fingerprint density at radius 3 is 2.94 bits per heavy atom. The first-order chi connectivity index (χ1) is 8.63. The van der Waals surface area contributed by atoms with E-state index in [1.165, 1.54) is 0 Å². The molecule has 2 atom stereocenters. The van der Waals surface area contributed by atoms with Crippen molar-refractivity contribution in [3.05, 3.63) is 33.8 Å². The number of fused-ring (bicyclic) bond motifs is 1. The molecule has 0 bridgehead atoms. The molecule has 0 amide bonds. The second kappa shape index (κ2) is 5.85. The van der Waals surface area contributed by atoms with Crippen LogP contribution in [-0.4, -0.2) is 17.2 Å². The fourth-order valence-corrected chi connectivity index (χ4v) is 2.60. The van der Waals surface area contributed by atoms with Crippen molar-refractivity contribution in [3.63, 3.8) is 0 Å². The van der Waals surface area contributed by atoms with Crippen LogP contribution in [0.2, 0.25) is 0 Å². The Balaban J connectivity index is 2.11. The number of rotatable bonds is 5. The number of cyclic esters (lactones) is 1. The van der Waals surface area contributed by atoms with Gasteiger partial charge in [-0.05, 0) is 18.6 Å². The van der Waals surface area contributed by atoms with Crippen molar-refractivity contribution in [2.24, 2.45) is 0 Å². The van der Waals surface area contributed by atoms with E-state index in [2.05, 4.69) is 22.9 Å². The van der Waals surface area contributed by atoms with E-state index in [1.54, 1.807) is 6.07 Å². The summed E-state index contributed by atoms with van der Waals surface area (Å²) in [4.78, 5) is 11.7. The average molecular weight is 313 g/mol. The molecule has 2 rings (SSSR count). The van der Waals surface area contributed by atoms with Gasteiger partial charge in [-0.15, -0.1) is 0 Å². The Bertz CT molecular complexity index is 445. The SMILES string of the molecule is CCCCC[C@@H](O)[C@H]1OC(=O)c2cc(Br)ccc21. The van der Waals surface area contributed by atoms with Crippen LogP contribution in [0.4, 0.5) is 0 Å². The van der Waals surface area contributed by atoms with Crippen LogP contribution in [0.1, 0.15) is 54.6 Å². The number of hydrogen-bond donors (Lipinski definition) is 1. The number of esters is 1. The predicted molar refractivity (Wildman–Crippen MR) is 72.4 cm³/mol. The molecule has 1 heterocycles. The largest absolute Gasteiger partial charge is 0.451 e. The van der Waals surface area contributed by atoms with Gasteiger partial charge in [-0.25, -0.2) is 4.79 Å². The third-order valence-corrected chi connectivity index (χ3v) is 3.72. The van der Waals surface area contributed by atoms with E-state index >= 15 is 0 Å². The van der Waals surface area contributed by atoms with Crippen LogP contribution in [0.3, 0.4) is 0 Å². The molecule has 4 heteroatoms. The molecular weight excluding hydrogens is 296 g/mol. The van der Waals surface area contributed by atoms with Crippen molar-refractivity contribution in [1.29, 1.82) is 0 Å². The van der Waals surface area contributed by atoms with E-state index < -0.39 is 12.2 Å². The van der Waals surface area contributed by atoms with Gasteiger partial charge in [-0.2, -0.15) is 0 Å². The Labute approximate surface area is 115 Å². The molecule has 1 aliphatic rings. The van der Waals surface area contributed by atoms with E-state index in [0.717, 1.165) is 29.3 Å². The van der Waals surface area contributed by atoms with Gasteiger partial charge in [0.25, 0.3) is 0 Å². The maximum Gasteiger partial charge on any atom is 0.339 e. The van der Waals surface area contributed by atoms with E-state index in [4.69, 9.17) is 4.74 Å². The third-order valence-electron chi connectivity index (χ3n) is 3.23. The van der Waals surface area contributed by atoms with Gasteiger partial charge in [-0.1, -0.05) is 48.2 Å². The first-order valence-electron chi connectivity index (χ1n) is 6.32. The molecule has 0 saturated carbocycles. The number of aliphatic hydroxyl groups excluding tert-OH is 1. The standard InChI is InChI=1S/C14H17BrO3/c1-2-3-4-5-12(16)13-10-7-6-9(15)8-11(10)14(17)18-13/h6-8,12-13,16H,2-5H2,1H3/t12-,13+/m1/s1. The molecule has 18 heavy (non-hydrogen) atoms. The minimum Gasteiger partial charge on any atom is -0.451 e. The maximum atomic E-state index is 11.7. The Morgan fingerprint density at radius 1 is 1.44 bits per heavy atom. The second-order valence-corrected chi connectivity index (χ2v) is 5.54. The Kier molecular flexibility index (Phi) is 4.40. The predicted octanol–water partition coefficient (Wildman–Crippen LogP) is 3.60. The zero-order valence-electron chi connectivity index (χ0n) is 10.4. The molecule has 98 valence electrons. The van der Waals surface area contributed by atoms with Crippen molar-refractivity contribution in [2.75, 3.05) is 0 Å². The van der Waals surface area contributed by atoms with Crippen LogP contribution in [0, 0.1) is 0 Å². The highest BCUT2D eigenvalue weighted by Crippen LogP contribution is 2.35. The highest BCUT2D eigenvalue weighted by molar-refractivity contribution is 9.10. The van der Waals surface area contributed by atoms with Crippen LogP contribution < -0.4 is 0 Å². The van der Waals surface area contributed by atoms with Crippen molar-refractivity contribution >= 4 is 21.9 Å². The summed E-state index contributed by atoms with van der Waals surface area (Å²) in [5.41, 5.74) is 1.36. The number of carbonyl (C=O) groups excluding carboxylic acids is 1. The summed E-state index contributed by atoms with van der Waals surface area (Å²) in [7, 11) is 0. The third kappa shape index (κ3) is 2.75. The van der Waals surface area contributed by atoms with Crippen LogP contribution in [-0.2, 0) is 4.74 Å². The molecule has 1 N–H and O–H groups in total. The summed E-state index contributed by atoms with van der Waals surface area (Å²) >= 11 is 3.33. The molecular formula is C14H17BrO3. The fourth-order valence-electron chi connectivity index (χ4n) is 2.24. The van der Waals surface area contributed by atoms with Gasteiger partial charge >= 0.3 is 5.97 Å². The molecule has 0 radical (unpaired) electrons. The van der Waals surface area contributed by atoms with E-state index in [1.807, 2.05) is 12.1 Å². The molecule has 0 spiro atoms. The summed E-state index contributed by atoms with van der Waals surface area (Å²) in [5, 5.41) is 10.1.